The highest BCUT2D eigenvalue weighted by Gasteiger charge is 2.31. The molecule has 0 aromatic heterocycles. The summed E-state index contributed by atoms with van der Waals surface area (Å²) in [6.07, 6.45) is -4.48. The second-order valence-electron chi connectivity index (χ2n) is 3.54. The lowest BCUT2D eigenvalue weighted by Gasteiger charge is -2.13. The lowest BCUT2D eigenvalue weighted by Crippen LogP contribution is -2.08. The van der Waals surface area contributed by atoms with E-state index in [1.807, 2.05) is 0 Å². The van der Waals surface area contributed by atoms with Crippen LogP contribution in [-0.2, 0) is 6.18 Å². The average molecular weight is 229 g/mol. The van der Waals surface area contributed by atoms with Gasteiger partial charge in [0.15, 0.2) is 0 Å². The van der Waals surface area contributed by atoms with Crippen molar-refractivity contribution in [2.75, 3.05) is 6.61 Å². The van der Waals surface area contributed by atoms with Crippen LogP contribution in [0.2, 0.25) is 0 Å². The zero-order chi connectivity index (χ0) is 12.3. The van der Waals surface area contributed by atoms with Gasteiger partial charge < -0.3 is 5.11 Å². The summed E-state index contributed by atoms with van der Waals surface area (Å²) in [4.78, 5) is 0. The first-order chi connectivity index (χ1) is 7.38. The van der Waals surface area contributed by atoms with Crippen molar-refractivity contribution in [3.63, 3.8) is 0 Å². The fraction of sp³-hybridized carbons (Fsp3) is 0.364. The Morgan fingerprint density at radius 1 is 1.38 bits per heavy atom. The van der Waals surface area contributed by atoms with Crippen molar-refractivity contribution in [1.29, 1.82) is 5.26 Å². The van der Waals surface area contributed by atoms with Crippen LogP contribution in [0.15, 0.2) is 18.2 Å². The van der Waals surface area contributed by atoms with Crippen LogP contribution in [0.25, 0.3) is 0 Å². The Kier molecular flexibility index (Phi) is 3.55. The third-order valence-electron chi connectivity index (χ3n) is 2.25. The smallest absolute Gasteiger partial charge is 0.396 e. The summed E-state index contributed by atoms with van der Waals surface area (Å²) < 4.78 is 37.4. The molecule has 1 rings (SSSR count). The van der Waals surface area contributed by atoms with Crippen LogP contribution < -0.4 is 0 Å². The van der Waals surface area contributed by atoms with Gasteiger partial charge in [0.1, 0.15) is 0 Å². The van der Waals surface area contributed by atoms with Gasteiger partial charge in [-0.05, 0) is 23.8 Å². The standard InChI is InChI=1S/C11H10F3NO/c1-7(6-16)9-2-8(5-15)3-10(4-9)11(12,13)14/h2-4,7,16H,6H2,1H3. The van der Waals surface area contributed by atoms with Gasteiger partial charge in [0.05, 0.1) is 17.2 Å². The molecule has 0 heterocycles. The van der Waals surface area contributed by atoms with E-state index < -0.39 is 17.7 Å². The quantitative estimate of drug-likeness (QED) is 0.847. The third kappa shape index (κ3) is 2.74. The lowest BCUT2D eigenvalue weighted by molar-refractivity contribution is -0.137. The second-order valence-corrected chi connectivity index (χ2v) is 3.54. The monoisotopic (exact) mass is 229 g/mol. The molecule has 1 aromatic rings. The van der Waals surface area contributed by atoms with Crippen LogP contribution >= 0.6 is 0 Å². The summed E-state index contributed by atoms with van der Waals surface area (Å²) in [5, 5.41) is 17.5. The van der Waals surface area contributed by atoms with Crippen LogP contribution in [0.5, 0.6) is 0 Å². The van der Waals surface area contributed by atoms with Crippen LogP contribution in [0.1, 0.15) is 29.5 Å². The molecule has 1 N–H and O–H groups in total. The normalized spacial score (nSPS) is 13.2. The van der Waals surface area contributed by atoms with Crippen LogP contribution in [0, 0.1) is 11.3 Å². The Labute approximate surface area is 90.9 Å². The topological polar surface area (TPSA) is 44.0 Å². The van der Waals surface area contributed by atoms with Gasteiger partial charge in [-0.15, -0.1) is 0 Å². The first-order valence-electron chi connectivity index (χ1n) is 4.61. The van der Waals surface area contributed by atoms with E-state index in [-0.39, 0.29) is 12.2 Å². The van der Waals surface area contributed by atoms with Gasteiger partial charge in [0.25, 0.3) is 0 Å². The Bertz CT molecular complexity index is 420. The van der Waals surface area contributed by atoms with E-state index in [1.54, 1.807) is 13.0 Å². The Balaban J connectivity index is 3.28. The van der Waals surface area contributed by atoms with Gasteiger partial charge in [-0.25, -0.2) is 0 Å². The molecule has 0 aliphatic rings. The fourth-order valence-electron chi connectivity index (χ4n) is 1.27. The van der Waals surface area contributed by atoms with Crippen LogP contribution in [0.4, 0.5) is 13.2 Å². The summed E-state index contributed by atoms with van der Waals surface area (Å²) >= 11 is 0. The molecular formula is C11H10F3NO. The molecule has 0 spiro atoms. The highest BCUT2D eigenvalue weighted by Crippen LogP contribution is 2.32. The Morgan fingerprint density at radius 3 is 2.44 bits per heavy atom. The summed E-state index contributed by atoms with van der Waals surface area (Å²) in [6, 6.07) is 4.79. The maximum atomic E-state index is 12.5. The molecule has 1 unspecified atom stereocenters. The van der Waals surface area contributed by atoms with E-state index in [1.165, 1.54) is 6.07 Å². The summed E-state index contributed by atoms with van der Waals surface area (Å²) in [5.41, 5.74) is -0.596. The number of benzene rings is 1. The molecule has 0 amide bonds. The van der Waals surface area contributed by atoms with Gasteiger partial charge in [0, 0.05) is 12.5 Å². The second kappa shape index (κ2) is 4.54. The molecular weight excluding hydrogens is 219 g/mol. The molecule has 5 heteroatoms. The van der Waals surface area contributed by atoms with E-state index in [9.17, 15) is 13.2 Å². The highest BCUT2D eigenvalue weighted by molar-refractivity contribution is 5.39. The minimum absolute atomic E-state index is 0.0508. The zero-order valence-corrected chi connectivity index (χ0v) is 8.54. The van der Waals surface area contributed by atoms with Crippen molar-refractivity contribution >= 4 is 0 Å². The Morgan fingerprint density at radius 2 is 2.00 bits per heavy atom. The van der Waals surface area contributed by atoms with Crippen molar-refractivity contribution < 1.29 is 18.3 Å². The number of halogens is 3. The minimum atomic E-state index is -4.48. The number of nitrogens with zero attached hydrogens (tertiary/aromatic N) is 1. The molecule has 0 fully saturated rings. The lowest BCUT2D eigenvalue weighted by atomic mass is 9.97. The molecule has 0 aliphatic heterocycles. The predicted molar refractivity (Wildman–Crippen MR) is 51.7 cm³/mol. The van der Waals surface area contributed by atoms with E-state index in [2.05, 4.69) is 0 Å². The summed E-state index contributed by atoms with van der Waals surface area (Å²) in [5.74, 6) is -0.422. The molecule has 0 radical (unpaired) electrons. The third-order valence-corrected chi connectivity index (χ3v) is 2.25. The number of aliphatic hydroxyl groups excluding tert-OH is 1. The van der Waals surface area contributed by atoms with E-state index >= 15 is 0 Å². The Hall–Kier alpha value is -1.54. The molecule has 16 heavy (non-hydrogen) atoms. The van der Waals surface area contributed by atoms with E-state index in [0.29, 0.717) is 5.56 Å². The van der Waals surface area contributed by atoms with Crippen molar-refractivity contribution in [3.05, 3.63) is 34.9 Å². The molecule has 2 nitrogen and oxygen atoms in total. The highest BCUT2D eigenvalue weighted by atomic mass is 19.4. The molecule has 1 aromatic carbocycles. The van der Waals surface area contributed by atoms with Gasteiger partial charge in [-0.2, -0.15) is 18.4 Å². The van der Waals surface area contributed by atoms with E-state index in [0.717, 1.165) is 12.1 Å². The van der Waals surface area contributed by atoms with Crippen molar-refractivity contribution in [2.24, 2.45) is 0 Å². The maximum absolute atomic E-state index is 12.5. The first kappa shape index (κ1) is 12.5. The molecule has 0 saturated heterocycles. The summed E-state index contributed by atoms with van der Waals surface area (Å²) in [6.45, 7) is 1.34. The molecule has 1 atom stereocenters. The number of aliphatic hydroxyl groups is 1. The van der Waals surface area contributed by atoms with Crippen LogP contribution in [0.3, 0.4) is 0 Å². The van der Waals surface area contributed by atoms with Gasteiger partial charge in [-0.3, -0.25) is 0 Å². The van der Waals surface area contributed by atoms with Crippen molar-refractivity contribution in [3.8, 4) is 6.07 Å². The molecule has 0 aliphatic carbocycles. The van der Waals surface area contributed by atoms with E-state index in [4.69, 9.17) is 10.4 Å². The molecule has 0 bridgehead atoms. The van der Waals surface area contributed by atoms with Gasteiger partial charge >= 0.3 is 6.18 Å². The number of nitriles is 1. The first-order valence-corrected chi connectivity index (χ1v) is 4.61. The summed E-state index contributed by atoms with van der Waals surface area (Å²) in [7, 11) is 0. The number of rotatable bonds is 2. The number of hydrogen-bond acceptors (Lipinski definition) is 2. The molecule has 86 valence electrons. The minimum Gasteiger partial charge on any atom is -0.396 e. The number of hydrogen-bond donors (Lipinski definition) is 1. The van der Waals surface area contributed by atoms with Gasteiger partial charge in [0.2, 0.25) is 0 Å². The van der Waals surface area contributed by atoms with Gasteiger partial charge in [-0.1, -0.05) is 6.92 Å². The average Bonchev–Trinajstić information content (AvgIpc) is 2.26. The predicted octanol–water partition coefficient (Wildman–Crippen LogP) is 2.67. The van der Waals surface area contributed by atoms with Crippen molar-refractivity contribution in [1.82, 2.24) is 0 Å². The zero-order valence-electron chi connectivity index (χ0n) is 8.54. The van der Waals surface area contributed by atoms with Crippen LogP contribution in [-0.4, -0.2) is 11.7 Å². The number of alkyl halides is 3. The largest absolute Gasteiger partial charge is 0.416 e. The maximum Gasteiger partial charge on any atom is 0.416 e. The fourth-order valence-corrected chi connectivity index (χ4v) is 1.27. The van der Waals surface area contributed by atoms with Crippen molar-refractivity contribution in [2.45, 2.75) is 19.0 Å². The molecule has 0 saturated carbocycles. The SMILES string of the molecule is CC(CO)c1cc(C#N)cc(C(F)(F)F)c1.